The van der Waals surface area contributed by atoms with Crippen LogP contribution in [0.25, 0.3) is 0 Å². The van der Waals surface area contributed by atoms with Gasteiger partial charge in [-0.15, -0.1) is 0 Å². The van der Waals surface area contributed by atoms with Crippen LogP contribution in [0.2, 0.25) is 19.6 Å². The van der Waals surface area contributed by atoms with Gasteiger partial charge >= 0.3 is 15.6 Å². The average molecular weight is 258 g/mol. The molecule has 3 nitrogen and oxygen atoms in total. The number of halogens is 4. The van der Waals surface area contributed by atoms with Crippen LogP contribution in [0.4, 0.5) is 13.2 Å². The fraction of sp³-hybridized carbons (Fsp3) is 1.00. The van der Waals surface area contributed by atoms with E-state index in [0.29, 0.717) is 0 Å². The summed E-state index contributed by atoms with van der Waals surface area (Å²) >= 11 is 0. The largest absolute Gasteiger partial charge is 1.00 e. The highest BCUT2D eigenvalue weighted by molar-refractivity contribution is 7.88. The molecule has 0 saturated heterocycles. The van der Waals surface area contributed by atoms with Crippen LogP contribution < -0.4 is 12.4 Å². The molecule has 0 aromatic rings. The molecule has 0 aliphatic heterocycles. The van der Waals surface area contributed by atoms with E-state index in [4.69, 9.17) is 0 Å². The van der Waals surface area contributed by atoms with E-state index in [0.717, 1.165) is 0 Å². The Morgan fingerprint density at radius 3 is 1.54 bits per heavy atom. The second kappa shape index (κ2) is 4.16. The van der Waals surface area contributed by atoms with Gasteiger partial charge in [0.25, 0.3) is 0 Å². The maximum atomic E-state index is 11.7. The molecule has 0 atom stereocenters. The van der Waals surface area contributed by atoms with Crippen molar-refractivity contribution in [3.8, 4) is 0 Å². The lowest BCUT2D eigenvalue weighted by Crippen LogP contribution is -3.00. The molecule has 9 heteroatoms. The van der Waals surface area contributed by atoms with Crippen LogP contribution in [0.5, 0.6) is 0 Å². The van der Waals surface area contributed by atoms with Gasteiger partial charge in [0.15, 0.2) is 0 Å². The summed E-state index contributed by atoms with van der Waals surface area (Å²) in [6.45, 7) is 4.07. The standard InChI is InChI=1S/C4H9F3O3SSi.ClH/c1-12(2,3)10-11(8,9)4(5,6)7;/h1-3H3;1H/p-1. The quantitative estimate of drug-likeness (QED) is 0.456. The molecule has 0 aromatic heterocycles. The van der Waals surface area contributed by atoms with Gasteiger partial charge in [-0.05, 0) is 19.6 Å². The molecule has 0 aliphatic carbocycles. The third-order valence-corrected chi connectivity index (χ3v) is 4.09. The summed E-state index contributed by atoms with van der Waals surface area (Å²) in [5.41, 5.74) is -5.31. The third-order valence-electron chi connectivity index (χ3n) is 0.643. The van der Waals surface area contributed by atoms with Crippen LogP contribution in [0.3, 0.4) is 0 Å². The Balaban J connectivity index is 0. The number of rotatable bonds is 2. The summed E-state index contributed by atoms with van der Waals surface area (Å²) in [6, 6.07) is 0. The predicted molar refractivity (Wildman–Crippen MR) is 39.4 cm³/mol. The Morgan fingerprint density at radius 2 is 1.46 bits per heavy atom. The first-order valence-corrected chi connectivity index (χ1v) is 7.79. The Labute approximate surface area is 81.9 Å². The van der Waals surface area contributed by atoms with Gasteiger partial charge in [-0.1, -0.05) is 0 Å². The first-order valence-electron chi connectivity index (χ1n) is 2.98. The molecule has 82 valence electrons. The van der Waals surface area contributed by atoms with E-state index >= 15 is 0 Å². The van der Waals surface area contributed by atoms with E-state index in [-0.39, 0.29) is 12.4 Å². The normalized spacial score (nSPS) is 13.7. The van der Waals surface area contributed by atoms with Gasteiger partial charge < -0.3 is 16.3 Å². The van der Waals surface area contributed by atoms with E-state index < -0.39 is 23.9 Å². The Bertz CT molecular complexity index is 255. The van der Waals surface area contributed by atoms with Crippen LogP contribution in [-0.2, 0) is 14.0 Å². The molecule has 0 aromatic carbocycles. The fourth-order valence-electron chi connectivity index (χ4n) is 0.376. The van der Waals surface area contributed by atoms with E-state index in [2.05, 4.69) is 3.87 Å². The summed E-state index contributed by atoms with van der Waals surface area (Å²) in [4.78, 5) is 0. The van der Waals surface area contributed by atoms with Gasteiger partial charge in [-0.3, -0.25) is 0 Å². The fourth-order valence-corrected chi connectivity index (χ4v) is 3.39. The first-order chi connectivity index (χ1) is 4.96. The Kier molecular flexibility index (Phi) is 5.01. The van der Waals surface area contributed by atoms with Crippen molar-refractivity contribution in [3.05, 3.63) is 0 Å². The number of hydrogen-bond donors (Lipinski definition) is 0. The topological polar surface area (TPSA) is 43.4 Å². The highest BCUT2D eigenvalue weighted by Gasteiger charge is 2.49. The zero-order valence-corrected chi connectivity index (χ0v) is 9.72. The third kappa shape index (κ3) is 5.50. The van der Waals surface area contributed by atoms with Crippen molar-refractivity contribution < 1.29 is 37.9 Å². The van der Waals surface area contributed by atoms with E-state index in [1.807, 2.05) is 0 Å². The maximum absolute atomic E-state index is 11.7. The zero-order valence-electron chi connectivity index (χ0n) is 7.14. The summed E-state index contributed by atoms with van der Waals surface area (Å²) < 4.78 is 59.7. The molecule has 0 saturated carbocycles. The van der Waals surface area contributed by atoms with E-state index in [1.54, 1.807) is 0 Å². The molecule has 0 aliphatic rings. The molecular weight excluding hydrogens is 249 g/mol. The highest BCUT2D eigenvalue weighted by atomic mass is 35.5. The van der Waals surface area contributed by atoms with E-state index in [1.165, 1.54) is 19.6 Å². The van der Waals surface area contributed by atoms with Gasteiger partial charge in [-0.25, -0.2) is 0 Å². The molecule has 0 unspecified atom stereocenters. The lowest BCUT2D eigenvalue weighted by Gasteiger charge is -2.17. The zero-order chi connectivity index (χ0) is 10.2. The molecule has 13 heavy (non-hydrogen) atoms. The number of alkyl halides is 3. The molecule has 0 N–H and O–H groups in total. The molecular formula is C4H9ClF3O3SSi-. The minimum absolute atomic E-state index is 0. The number of hydrogen-bond acceptors (Lipinski definition) is 3. The predicted octanol–water partition coefficient (Wildman–Crippen LogP) is -1.31. The minimum atomic E-state index is -5.39. The lowest BCUT2D eigenvalue weighted by molar-refractivity contribution is -0.0503. The summed E-state index contributed by atoms with van der Waals surface area (Å²) in [5, 5.41) is 0. The van der Waals surface area contributed by atoms with Gasteiger partial charge in [-0.2, -0.15) is 21.6 Å². The minimum Gasteiger partial charge on any atom is -1.00 e. The van der Waals surface area contributed by atoms with Crippen molar-refractivity contribution in [2.45, 2.75) is 25.1 Å². The molecule has 0 amide bonds. The summed E-state index contributed by atoms with van der Waals surface area (Å²) in [6.07, 6.45) is 0. The van der Waals surface area contributed by atoms with Crippen molar-refractivity contribution in [1.29, 1.82) is 0 Å². The van der Waals surface area contributed by atoms with Crippen LogP contribution in [0.15, 0.2) is 0 Å². The van der Waals surface area contributed by atoms with Crippen molar-refractivity contribution in [2.24, 2.45) is 0 Å². The van der Waals surface area contributed by atoms with Crippen molar-refractivity contribution in [1.82, 2.24) is 0 Å². The average Bonchev–Trinajstić information content (AvgIpc) is 1.52. The molecule has 0 spiro atoms. The van der Waals surface area contributed by atoms with Crippen molar-refractivity contribution >= 4 is 18.4 Å². The van der Waals surface area contributed by atoms with Crippen molar-refractivity contribution in [3.63, 3.8) is 0 Å². The molecule has 0 fully saturated rings. The smallest absolute Gasteiger partial charge is 0.522 e. The maximum Gasteiger partial charge on any atom is 0.522 e. The second-order valence-electron chi connectivity index (χ2n) is 3.10. The highest BCUT2D eigenvalue weighted by Crippen LogP contribution is 2.27. The van der Waals surface area contributed by atoms with Gasteiger partial charge in [0.05, 0.1) is 0 Å². The van der Waals surface area contributed by atoms with Gasteiger partial charge in [0.2, 0.25) is 8.32 Å². The molecule has 0 radical (unpaired) electrons. The Hall–Kier alpha value is 0.207. The van der Waals surface area contributed by atoms with Gasteiger partial charge in [0.1, 0.15) is 0 Å². The molecule has 0 rings (SSSR count). The van der Waals surface area contributed by atoms with Crippen molar-refractivity contribution in [2.75, 3.05) is 0 Å². The SMILES string of the molecule is C[Si](C)(C)OS(=O)(=O)C(F)(F)F.[Cl-]. The second-order valence-corrected chi connectivity index (χ2v) is 9.36. The van der Waals surface area contributed by atoms with Gasteiger partial charge in [0, 0.05) is 0 Å². The first kappa shape index (κ1) is 15.7. The lowest BCUT2D eigenvalue weighted by atomic mass is 11.6. The Morgan fingerprint density at radius 1 is 1.15 bits per heavy atom. The monoisotopic (exact) mass is 257 g/mol. The molecule has 0 bridgehead atoms. The van der Waals surface area contributed by atoms with Crippen LogP contribution in [-0.4, -0.2) is 22.2 Å². The summed E-state index contributed by atoms with van der Waals surface area (Å²) in [7, 11) is -8.10. The van der Waals surface area contributed by atoms with Crippen LogP contribution >= 0.6 is 0 Å². The van der Waals surface area contributed by atoms with Crippen LogP contribution in [0.1, 0.15) is 0 Å². The van der Waals surface area contributed by atoms with Crippen LogP contribution in [0, 0.1) is 0 Å². The van der Waals surface area contributed by atoms with E-state index in [9.17, 15) is 21.6 Å². The summed E-state index contributed by atoms with van der Waals surface area (Å²) in [5.74, 6) is 0. The molecule has 0 heterocycles.